The summed E-state index contributed by atoms with van der Waals surface area (Å²) in [4.78, 5) is 18.5. The largest absolute Gasteiger partial charge is 0.437 e. The van der Waals surface area contributed by atoms with Gasteiger partial charge >= 0.3 is 6.18 Å². The normalized spacial score (nSPS) is 19.1. The number of nitrogens with two attached hydrogens (primary N) is 1. The Morgan fingerprint density at radius 2 is 2.06 bits per heavy atom. The van der Waals surface area contributed by atoms with Gasteiger partial charge in [0.2, 0.25) is 0 Å². The minimum atomic E-state index is -4.79. The van der Waals surface area contributed by atoms with Crippen molar-refractivity contribution in [2.45, 2.75) is 24.6 Å². The van der Waals surface area contributed by atoms with E-state index in [1.54, 1.807) is 0 Å². The van der Waals surface area contributed by atoms with Gasteiger partial charge in [0.1, 0.15) is 5.56 Å². The van der Waals surface area contributed by atoms with Crippen molar-refractivity contribution in [3.05, 3.63) is 35.9 Å². The first-order valence-electron chi connectivity index (χ1n) is 9.11. The average Bonchev–Trinajstić information content (AvgIpc) is 3.24. The number of amides is 1. The number of aromatic nitrogens is 5. The van der Waals surface area contributed by atoms with Crippen molar-refractivity contribution in [2.24, 2.45) is 12.8 Å². The predicted octanol–water partition coefficient (Wildman–Crippen LogP) is 1.91. The first-order valence-corrected chi connectivity index (χ1v) is 9.11. The highest BCUT2D eigenvalue weighted by Crippen LogP contribution is 2.35. The van der Waals surface area contributed by atoms with Crippen LogP contribution in [0.3, 0.4) is 0 Å². The summed E-state index contributed by atoms with van der Waals surface area (Å²) in [5, 5.41) is 9.78. The Morgan fingerprint density at radius 1 is 1.32 bits per heavy atom. The number of rotatable bonds is 3. The predicted molar refractivity (Wildman–Crippen MR) is 98.9 cm³/mol. The molecule has 0 radical (unpaired) electrons. The maximum absolute atomic E-state index is 13.8. The molecule has 0 bridgehead atoms. The fourth-order valence-corrected chi connectivity index (χ4v) is 3.40. The van der Waals surface area contributed by atoms with Crippen LogP contribution in [0.2, 0.25) is 0 Å². The third kappa shape index (κ3) is 3.78. The molecule has 1 aliphatic rings. The number of nitrogens with zero attached hydrogens (tertiary/aromatic N) is 6. The Balaban J connectivity index is 1.74. The van der Waals surface area contributed by atoms with Crippen LogP contribution in [0.25, 0.3) is 5.65 Å². The molecule has 0 aliphatic carbocycles. The molecule has 3 aromatic rings. The smallest absolute Gasteiger partial charge is 0.352 e. The molecule has 14 heteroatoms. The van der Waals surface area contributed by atoms with E-state index in [1.165, 1.54) is 34.9 Å². The molecule has 1 amide bonds. The molecule has 0 aromatic carbocycles. The van der Waals surface area contributed by atoms with E-state index in [0.717, 1.165) is 10.9 Å². The Bertz CT molecular complexity index is 1140. The van der Waals surface area contributed by atoms with Gasteiger partial charge in [-0.1, -0.05) is 0 Å². The molecule has 1 fully saturated rings. The molecule has 0 saturated carbocycles. The Labute approximate surface area is 171 Å². The van der Waals surface area contributed by atoms with Gasteiger partial charge in [0.15, 0.2) is 17.2 Å². The van der Waals surface area contributed by atoms with Crippen molar-refractivity contribution in [3.63, 3.8) is 0 Å². The minimum Gasteiger partial charge on any atom is -0.352 e. The molecule has 9 nitrogen and oxygen atoms in total. The number of halogens is 5. The average molecular weight is 444 g/mol. The lowest BCUT2D eigenvalue weighted by Gasteiger charge is -2.36. The molecule has 4 rings (SSSR count). The SMILES string of the molecule is Cn1cc(NC(=O)c2c(N3CCC(F)(F)C(N)C3)nn3cccnc23)c(C(F)(F)F)n1. The van der Waals surface area contributed by atoms with Crippen LogP contribution in [0.1, 0.15) is 22.5 Å². The van der Waals surface area contributed by atoms with Crippen LogP contribution < -0.4 is 16.0 Å². The topological polar surface area (TPSA) is 106 Å². The van der Waals surface area contributed by atoms with Gasteiger partial charge in [0.25, 0.3) is 11.8 Å². The van der Waals surface area contributed by atoms with Crippen molar-refractivity contribution < 1.29 is 26.7 Å². The number of nitrogens with one attached hydrogen (secondary N) is 1. The van der Waals surface area contributed by atoms with Crippen LogP contribution in [-0.2, 0) is 13.2 Å². The Morgan fingerprint density at radius 3 is 2.74 bits per heavy atom. The van der Waals surface area contributed by atoms with Crippen LogP contribution in [0, 0.1) is 0 Å². The Kier molecular flexibility index (Phi) is 4.83. The van der Waals surface area contributed by atoms with E-state index in [9.17, 15) is 26.7 Å². The van der Waals surface area contributed by atoms with Crippen LogP contribution in [0.5, 0.6) is 0 Å². The highest BCUT2D eigenvalue weighted by molar-refractivity contribution is 6.12. The van der Waals surface area contributed by atoms with Crippen molar-refractivity contribution in [2.75, 3.05) is 23.3 Å². The molecule has 3 aromatic heterocycles. The van der Waals surface area contributed by atoms with Crippen molar-refractivity contribution in [1.29, 1.82) is 0 Å². The van der Waals surface area contributed by atoms with E-state index in [4.69, 9.17) is 5.73 Å². The fraction of sp³-hybridized carbons (Fsp3) is 0.412. The van der Waals surface area contributed by atoms with Gasteiger partial charge in [0.05, 0.1) is 11.7 Å². The number of anilines is 2. The van der Waals surface area contributed by atoms with Gasteiger partial charge in [-0.15, -0.1) is 5.10 Å². The van der Waals surface area contributed by atoms with E-state index >= 15 is 0 Å². The molecular formula is C17H17F5N8O. The molecule has 1 saturated heterocycles. The zero-order valence-corrected chi connectivity index (χ0v) is 16.1. The van der Waals surface area contributed by atoms with E-state index in [-0.39, 0.29) is 30.1 Å². The molecule has 1 unspecified atom stereocenters. The molecule has 166 valence electrons. The summed E-state index contributed by atoms with van der Waals surface area (Å²) in [6.07, 6.45) is -1.49. The number of aryl methyl sites for hydroxylation is 1. The van der Waals surface area contributed by atoms with Gasteiger partial charge in [-0.05, 0) is 6.07 Å². The molecule has 4 heterocycles. The summed E-state index contributed by atoms with van der Waals surface area (Å²) in [7, 11) is 1.28. The molecule has 1 aliphatic heterocycles. The number of fused-ring (bicyclic) bond motifs is 1. The maximum atomic E-state index is 13.8. The summed E-state index contributed by atoms with van der Waals surface area (Å²) in [6.45, 7) is -0.441. The molecule has 31 heavy (non-hydrogen) atoms. The molecule has 3 N–H and O–H groups in total. The van der Waals surface area contributed by atoms with Crippen LogP contribution in [0.4, 0.5) is 33.5 Å². The summed E-state index contributed by atoms with van der Waals surface area (Å²) in [5.74, 6) is -4.01. The highest BCUT2D eigenvalue weighted by atomic mass is 19.4. The highest BCUT2D eigenvalue weighted by Gasteiger charge is 2.43. The lowest BCUT2D eigenvalue weighted by Crippen LogP contribution is -2.55. The summed E-state index contributed by atoms with van der Waals surface area (Å²) in [5.41, 5.74) is 3.65. The van der Waals surface area contributed by atoms with Crippen molar-refractivity contribution in [1.82, 2.24) is 24.4 Å². The van der Waals surface area contributed by atoms with Gasteiger partial charge < -0.3 is 16.0 Å². The maximum Gasteiger partial charge on any atom is 0.437 e. The van der Waals surface area contributed by atoms with Crippen LogP contribution in [0.15, 0.2) is 24.7 Å². The van der Waals surface area contributed by atoms with Crippen LogP contribution in [-0.4, -0.2) is 55.3 Å². The summed E-state index contributed by atoms with van der Waals surface area (Å²) < 4.78 is 69.5. The fourth-order valence-electron chi connectivity index (χ4n) is 3.40. The van der Waals surface area contributed by atoms with E-state index in [1.807, 2.05) is 0 Å². The first kappa shape index (κ1) is 21.0. The van der Waals surface area contributed by atoms with Gasteiger partial charge in [0, 0.05) is 45.1 Å². The van der Waals surface area contributed by atoms with Crippen molar-refractivity contribution >= 4 is 23.1 Å². The van der Waals surface area contributed by atoms with Gasteiger partial charge in [-0.25, -0.2) is 18.3 Å². The lowest BCUT2D eigenvalue weighted by atomic mass is 10.0. The third-order valence-electron chi connectivity index (χ3n) is 4.92. The minimum absolute atomic E-state index is 0.000371. The monoisotopic (exact) mass is 444 g/mol. The van der Waals surface area contributed by atoms with Crippen LogP contribution >= 0.6 is 0 Å². The van der Waals surface area contributed by atoms with Crippen molar-refractivity contribution in [3.8, 4) is 0 Å². The zero-order chi connectivity index (χ0) is 22.6. The first-order chi connectivity index (χ1) is 14.5. The second-order valence-corrected chi connectivity index (χ2v) is 7.17. The molecular weight excluding hydrogens is 427 g/mol. The van der Waals surface area contributed by atoms with E-state index in [2.05, 4.69) is 20.5 Å². The quantitative estimate of drug-likeness (QED) is 0.598. The lowest BCUT2D eigenvalue weighted by molar-refractivity contribution is -0.140. The Hall–Kier alpha value is -3.29. The number of carbonyl (C=O) groups is 1. The summed E-state index contributed by atoms with van der Waals surface area (Å²) >= 11 is 0. The van der Waals surface area contributed by atoms with Gasteiger partial charge in [-0.2, -0.15) is 18.3 Å². The van der Waals surface area contributed by atoms with E-state index in [0.29, 0.717) is 0 Å². The number of piperidine rings is 1. The number of hydrogen-bond donors (Lipinski definition) is 2. The summed E-state index contributed by atoms with van der Waals surface area (Å²) in [6, 6.07) is 0.0369. The van der Waals surface area contributed by atoms with Gasteiger partial charge in [-0.3, -0.25) is 9.48 Å². The zero-order valence-electron chi connectivity index (χ0n) is 16.1. The molecule has 1 atom stereocenters. The second-order valence-electron chi connectivity index (χ2n) is 7.17. The number of carbonyl (C=O) groups excluding carboxylic acids is 1. The number of alkyl halides is 5. The third-order valence-corrected chi connectivity index (χ3v) is 4.92. The second kappa shape index (κ2) is 7.14. The molecule has 0 spiro atoms. The number of hydrogen-bond acceptors (Lipinski definition) is 6. The standard InChI is InChI=1S/C17H17F5N8O/c1-28-7-9(12(26-28)17(20,21)22)25-15(31)11-13-24-4-2-5-30(13)27-14(11)29-6-3-16(18,19)10(23)8-29/h2,4-5,7,10H,3,6,8,23H2,1H3,(H,25,31). The van der Waals surface area contributed by atoms with E-state index < -0.39 is 41.8 Å².